The summed E-state index contributed by atoms with van der Waals surface area (Å²) in [6.07, 6.45) is -7.45. The van der Waals surface area contributed by atoms with E-state index < -0.39 is 37.3 Å². The van der Waals surface area contributed by atoms with Gasteiger partial charge < -0.3 is 50.0 Å². The maximum Gasteiger partial charge on any atom is 0.228 e. The Kier molecular flexibility index (Phi) is 5.65. The molecule has 0 radical (unpaired) electrons. The number of aliphatic hydroxyl groups is 4. The summed E-state index contributed by atoms with van der Waals surface area (Å²) in [5, 5.41) is 69.3. The molecule has 0 saturated carbocycles. The molecule has 0 aliphatic carbocycles. The third kappa shape index (κ3) is 3.99. The van der Waals surface area contributed by atoms with Crippen LogP contribution in [0.15, 0.2) is 42.2 Å². The minimum atomic E-state index is -1.64. The largest absolute Gasteiger partial charge is 0.508 e. The van der Waals surface area contributed by atoms with Crippen LogP contribution in [0, 0.1) is 0 Å². The van der Waals surface area contributed by atoms with Crippen LogP contribution in [0.1, 0.15) is 11.1 Å². The average Bonchev–Trinajstić information content (AvgIpc) is 2.74. The third-order valence-electron chi connectivity index (χ3n) is 5.21. The summed E-state index contributed by atoms with van der Waals surface area (Å²) in [5.74, 6) is 0.0289. The molecule has 31 heavy (non-hydrogen) atoms. The van der Waals surface area contributed by atoms with Gasteiger partial charge in [0.25, 0.3) is 0 Å². The van der Waals surface area contributed by atoms with Crippen LogP contribution in [0.2, 0.25) is 0 Å². The molecule has 2 aliphatic heterocycles. The summed E-state index contributed by atoms with van der Waals surface area (Å²) in [5.41, 5.74) is 0.783. The maximum absolute atomic E-state index is 10.3. The van der Waals surface area contributed by atoms with Crippen molar-refractivity contribution in [1.29, 1.82) is 0 Å². The minimum Gasteiger partial charge on any atom is -0.508 e. The molecule has 0 spiro atoms. The zero-order valence-electron chi connectivity index (χ0n) is 16.1. The van der Waals surface area contributed by atoms with Crippen molar-refractivity contribution in [3.63, 3.8) is 0 Å². The van der Waals surface area contributed by atoms with Crippen molar-refractivity contribution in [2.75, 3.05) is 6.61 Å². The van der Waals surface area contributed by atoms with E-state index in [1.165, 1.54) is 18.2 Å². The zero-order valence-corrected chi connectivity index (χ0v) is 16.1. The normalized spacial score (nSPS) is 28.1. The van der Waals surface area contributed by atoms with Gasteiger partial charge in [-0.15, -0.1) is 0 Å². The molecule has 0 amide bonds. The number of aromatic hydroxyl groups is 3. The first-order valence-corrected chi connectivity index (χ1v) is 9.51. The van der Waals surface area contributed by atoms with Crippen LogP contribution in [0.25, 0.3) is 5.76 Å². The molecule has 0 bridgehead atoms. The summed E-state index contributed by atoms with van der Waals surface area (Å²) < 4.78 is 17.1. The Labute approximate surface area is 176 Å². The lowest BCUT2D eigenvalue weighted by Crippen LogP contribution is -2.59. The van der Waals surface area contributed by atoms with Crippen LogP contribution in [-0.4, -0.2) is 73.1 Å². The molecule has 0 unspecified atom stereocenters. The first-order chi connectivity index (χ1) is 14.8. The summed E-state index contributed by atoms with van der Waals surface area (Å²) in [7, 11) is 0. The lowest BCUT2D eigenvalue weighted by Gasteiger charge is -2.40. The summed E-state index contributed by atoms with van der Waals surface area (Å²) in [4.78, 5) is 0. The first-order valence-electron chi connectivity index (χ1n) is 9.51. The topological polar surface area (TPSA) is 169 Å². The molecule has 1 fully saturated rings. The van der Waals surface area contributed by atoms with E-state index in [1.807, 2.05) is 0 Å². The van der Waals surface area contributed by atoms with Crippen LogP contribution in [0.5, 0.6) is 23.0 Å². The second-order valence-corrected chi connectivity index (χ2v) is 7.33. The standard InChI is InChI=1S/C21H22O10/c22-8-16-17(26)18(27)19(28)21(31-16)30-15-7-12-13(25)5-11(24)6-14(12)29-20(15)9-1-3-10(23)4-2-9/h1-6,16-19,21-28H,7-8H2/t16-,17-,18+,19-,21-/m1/s1. The van der Waals surface area contributed by atoms with Gasteiger partial charge in [0.1, 0.15) is 53.2 Å². The van der Waals surface area contributed by atoms with Crippen LogP contribution < -0.4 is 4.74 Å². The van der Waals surface area contributed by atoms with E-state index in [4.69, 9.17) is 14.2 Å². The molecule has 7 N–H and O–H groups in total. The molecule has 5 atom stereocenters. The molecule has 4 rings (SSSR count). The van der Waals surface area contributed by atoms with E-state index in [0.717, 1.165) is 6.07 Å². The van der Waals surface area contributed by atoms with Crippen molar-refractivity contribution in [2.24, 2.45) is 0 Å². The minimum absolute atomic E-state index is 0.0206. The molecule has 10 heteroatoms. The van der Waals surface area contributed by atoms with Gasteiger partial charge in [0.05, 0.1) is 6.61 Å². The number of fused-ring (bicyclic) bond motifs is 1. The van der Waals surface area contributed by atoms with E-state index in [1.54, 1.807) is 12.1 Å². The predicted octanol–water partition coefficient (Wildman–Crippen LogP) is -0.0764. The molecule has 166 valence electrons. The fourth-order valence-corrected chi connectivity index (χ4v) is 3.53. The Hall–Kier alpha value is -3.02. The number of allylic oxidation sites excluding steroid dienone is 1. The lowest BCUT2D eigenvalue weighted by molar-refractivity contribution is -0.291. The molecule has 10 nitrogen and oxygen atoms in total. The van der Waals surface area contributed by atoms with Gasteiger partial charge in [0.2, 0.25) is 6.29 Å². The highest BCUT2D eigenvalue weighted by Gasteiger charge is 2.45. The van der Waals surface area contributed by atoms with E-state index in [-0.39, 0.29) is 40.9 Å². The van der Waals surface area contributed by atoms with Gasteiger partial charge in [0, 0.05) is 29.7 Å². The first kappa shape index (κ1) is 21.2. The number of phenolic OH excluding ortho intramolecular Hbond substituents is 3. The molecule has 0 aromatic heterocycles. The van der Waals surface area contributed by atoms with Gasteiger partial charge >= 0.3 is 0 Å². The monoisotopic (exact) mass is 434 g/mol. The number of aliphatic hydroxyl groups excluding tert-OH is 4. The number of benzene rings is 2. The number of hydrogen-bond donors (Lipinski definition) is 7. The van der Waals surface area contributed by atoms with Crippen molar-refractivity contribution in [3.05, 3.63) is 53.3 Å². The van der Waals surface area contributed by atoms with Gasteiger partial charge in [-0.1, -0.05) is 0 Å². The number of ether oxygens (including phenoxy) is 3. The van der Waals surface area contributed by atoms with Crippen molar-refractivity contribution in [2.45, 2.75) is 37.1 Å². The maximum atomic E-state index is 10.3. The van der Waals surface area contributed by atoms with Crippen molar-refractivity contribution in [1.82, 2.24) is 0 Å². The Morgan fingerprint density at radius 2 is 1.61 bits per heavy atom. The Morgan fingerprint density at radius 1 is 0.903 bits per heavy atom. The zero-order chi connectivity index (χ0) is 22.3. The number of rotatable bonds is 4. The molecule has 2 aromatic carbocycles. The van der Waals surface area contributed by atoms with Gasteiger partial charge in [-0.3, -0.25) is 0 Å². The number of hydrogen-bond acceptors (Lipinski definition) is 10. The lowest BCUT2D eigenvalue weighted by atomic mass is 9.99. The van der Waals surface area contributed by atoms with Crippen molar-refractivity contribution >= 4 is 5.76 Å². The van der Waals surface area contributed by atoms with Crippen LogP contribution in [0.4, 0.5) is 0 Å². The fraction of sp³-hybridized carbons (Fsp3) is 0.333. The highest BCUT2D eigenvalue weighted by molar-refractivity contribution is 5.69. The molecular weight excluding hydrogens is 412 g/mol. The Morgan fingerprint density at radius 3 is 2.29 bits per heavy atom. The van der Waals surface area contributed by atoms with E-state index >= 15 is 0 Å². The van der Waals surface area contributed by atoms with Gasteiger partial charge in [0.15, 0.2) is 5.76 Å². The summed E-state index contributed by atoms with van der Waals surface area (Å²) in [6.45, 7) is -0.617. The highest BCUT2D eigenvalue weighted by Crippen LogP contribution is 2.42. The Bertz CT molecular complexity index is 984. The van der Waals surface area contributed by atoms with Gasteiger partial charge in [-0.05, 0) is 24.3 Å². The smallest absolute Gasteiger partial charge is 0.228 e. The highest BCUT2D eigenvalue weighted by atomic mass is 16.7. The van der Waals surface area contributed by atoms with Crippen LogP contribution in [-0.2, 0) is 15.9 Å². The molecule has 2 aromatic rings. The quantitative estimate of drug-likeness (QED) is 0.346. The van der Waals surface area contributed by atoms with E-state index in [9.17, 15) is 35.7 Å². The molecule has 2 aliphatic rings. The van der Waals surface area contributed by atoms with Crippen LogP contribution in [0.3, 0.4) is 0 Å². The summed E-state index contributed by atoms with van der Waals surface area (Å²) >= 11 is 0. The molecule has 1 saturated heterocycles. The van der Waals surface area contributed by atoms with Gasteiger partial charge in [-0.25, -0.2) is 0 Å². The Balaban J connectivity index is 1.72. The second-order valence-electron chi connectivity index (χ2n) is 7.33. The van der Waals surface area contributed by atoms with E-state index in [0.29, 0.717) is 11.1 Å². The van der Waals surface area contributed by atoms with Gasteiger partial charge in [-0.2, -0.15) is 0 Å². The predicted molar refractivity (Wildman–Crippen MR) is 104 cm³/mol. The van der Waals surface area contributed by atoms with E-state index in [2.05, 4.69) is 0 Å². The second kappa shape index (κ2) is 8.25. The van der Waals surface area contributed by atoms with Crippen molar-refractivity contribution in [3.8, 4) is 23.0 Å². The molecule has 2 heterocycles. The summed E-state index contributed by atoms with van der Waals surface area (Å²) in [6, 6.07) is 8.41. The average molecular weight is 434 g/mol. The SMILES string of the molecule is OC[C@H]1O[C@@H](OC2=C(c3ccc(O)cc3)Oc3cc(O)cc(O)c3C2)[C@H](O)[C@@H](O)[C@@H]1O. The van der Waals surface area contributed by atoms with Crippen molar-refractivity contribution < 1.29 is 50.0 Å². The van der Waals surface area contributed by atoms with Crippen LogP contribution >= 0.6 is 0 Å². The third-order valence-corrected chi connectivity index (χ3v) is 5.21. The fourth-order valence-electron chi connectivity index (χ4n) is 3.53. The number of phenols is 3. The molecular formula is C21H22O10.